The van der Waals surface area contributed by atoms with E-state index >= 15 is 0 Å². The lowest BCUT2D eigenvalue weighted by atomic mass is 9.99. The highest BCUT2D eigenvalue weighted by molar-refractivity contribution is 5.83. The Morgan fingerprint density at radius 1 is 1.38 bits per heavy atom. The van der Waals surface area contributed by atoms with Gasteiger partial charge in [0.2, 0.25) is 5.91 Å². The number of likely N-dealkylation sites (tertiary alicyclic amines) is 1. The summed E-state index contributed by atoms with van der Waals surface area (Å²) < 4.78 is 5.13. The molecule has 0 saturated carbocycles. The summed E-state index contributed by atoms with van der Waals surface area (Å²) in [7, 11) is 1.64. The monoisotopic (exact) mass is 297 g/mol. The van der Waals surface area contributed by atoms with Crippen LogP contribution in [-0.4, -0.2) is 47.8 Å². The van der Waals surface area contributed by atoms with Crippen molar-refractivity contribution < 1.29 is 14.6 Å². The van der Waals surface area contributed by atoms with E-state index in [1.54, 1.807) is 13.2 Å². The summed E-state index contributed by atoms with van der Waals surface area (Å²) in [4.78, 5) is 13.6. The van der Waals surface area contributed by atoms with Gasteiger partial charge < -0.3 is 14.7 Å². The molecule has 1 aliphatic heterocycles. The Balaban J connectivity index is 2.26. The minimum atomic E-state index is -0.498. The van der Waals surface area contributed by atoms with Gasteiger partial charge in [-0.15, -0.1) is 0 Å². The number of carbonyl (C=O) groups excluding carboxylic acids is 1. The summed E-state index contributed by atoms with van der Waals surface area (Å²) >= 11 is 0. The molecule has 1 fully saturated rings. The molecule has 0 bridgehead atoms. The number of nitrogens with zero attached hydrogens (tertiary/aromatic N) is 1. The van der Waals surface area contributed by atoms with Gasteiger partial charge in [-0.05, 0) is 13.3 Å². The molecule has 1 saturated heterocycles. The lowest BCUT2D eigenvalue weighted by Gasteiger charge is -2.39. The van der Waals surface area contributed by atoms with E-state index in [0.29, 0.717) is 12.8 Å². The number of carbonyl (C=O) groups is 1. The summed E-state index contributed by atoms with van der Waals surface area (Å²) in [6.07, 6.45) is 10.5. The Morgan fingerprint density at radius 3 is 2.71 bits per heavy atom. The number of ether oxygens (including phenoxy) is 1. The molecule has 122 valence electrons. The average molecular weight is 297 g/mol. The number of hydrogen-bond acceptors (Lipinski definition) is 3. The third-order valence-electron chi connectivity index (χ3n) is 4.14. The largest absolute Gasteiger partial charge is 0.389 e. The van der Waals surface area contributed by atoms with Crippen molar-refractivity contribution >= 4 is 5.91 Å². The number of rotatable bonds is 11. The number of amides is 1. The van der Waals surface area contributed by atoms with Crippen molar-refractivity contribution in [2.45, 2.75) is 77.0 Å². The van der Waals surface area contributed by atoms with Gasteiger partial charge in [0.1, 0.15) is 0 Å². The van der Waals surface area contributed by atoms with E-state index in [4.69, 9.17) is 4.74 Å². The SMILES string of the molecule is CCCCCCCN1C(=O)CC1/C=C/C(O)CC(C)OC. The molecular formula is C17H31NO3. The number of β-lactam (4-membered cyclic amide) rings is 1. The summed E-state index contributed by atoms with van der Waals surface area (Å²) in [6, 6.07) is 0.177. The Labute approximate surface area is 129 Å². The van der Waals surface area contributed by atoms with Crippen LogP contribution in [0.1, 0.15) is 58.8 Å². The second-order valence-electron chi connectivity index (χ2n) is 6.01. The smallest absolute Gasteiger partial charge is 0.225 e. The molecule has 0 aliphatic carbocycles. The van der Waals surface area contributed by atoms with Gasteiger partial charge in [-0.3, -0.25) is 4.79 Å². The van der Waals surface area contributed by atoms with Crippen LogP contribution in [0.25, 0.3) is 0 Å². The van der Waals surface area contributed by atoms with Crippen LogP contribution in [0, 0.1) is 0 Å². The summed E-state index contributed by atoms with van der Waals surface area (Å²) in [5.74, 6) is 0.236. The molecule has 1 heterocycles. The minimum Gasteiger partial charge on any atom is -0.389 e. The fourth-order valence-corrected chi connectivity index (χ4v) is 2.60. The third kappa shape index (κ3) is 6.62. The van der Waals surface area contributed by atoms with Crippen molar-refractivity contribution in [3.05, 3.63) is 12.2 Å². The third-order valence-corrected chi connectivity index (χ3v) is 4.14. The van der Waals surface area contributed by atoms with E-state index in [2.05, 4.69) is 6.92 Å². The Bertz CT molecular complexity index is 330. The molecule has 0 aromatic carbocycles. The van der Waals surface area contributed by atoms with Crippen molar-refractivity contribution in [2.75, 3.05) is 13.7 Å². The maximum absolute atomic E-state index is 11.6. The lowest BCUT2D eigenvalue weighted by Crippen LogP contribution is -2.51. The normalized spacial score (nSPS) is 21.6. The molecule has 4 nitrogen and oxygen atoms in total. The van der Waals surface area contributed by atoms with E-state index in [-0.39, 0.29) is 18.1 Å². The van der Waals surface area contributed by atoms with Crippen LogP contribution >= 0.6 is 0 Å². The Kier molecular flexibility index (Phi) is 8.62. The Morgan fingerprint density at radius 2 is 2.10 bits per heavy atom. The van der Waals surface area contributed by atoms with Gasteiger partial charge in [-0.1, -0.05) is 44.8 Å². The molecule has 0 spiro atoms. The van der Waals surface area contributed by atoms with Gasteiger partial charge in [0.05, 0.1) is 24.7 Å². The van der Waals surface area contributed by atoms with Gasteiger partial charge in [-0.25, -0.2) is 0 Å². The molecule has 1 aliphatic rings. The van der Waals surface area contributed by atoms with E-state index in [0.717, 1.165) is 13.0 Å². The quantitative estimate of drug-likeness (QED) is 0.362. The molecule has 21 heavy (non-hydrogen) atoms. The lowest BCUT2D eigenvalue weighted by molar-refractivity contribution is -0.143. The topological polar surface area (TPSA) is 49.8 Å². The zero-order valence-electron chi connectivity index (χ0n) is 13.8. The highest BCUT2D eigenvalue weighted by Crippen LogP contribution is 2.22. The van der Waals surface area contributed by atoms with Crippen molar-refractivity contribution in [1.29, 1.82) is 0 Å². The molecular weight excluding hydrogens is 266 g/mol. The zero-order valence-corrected chi connectivity index (χ0v) is 13.8. The number of methoxy groups -OCH3 is 1. The van der Waals surface area contributed by atoms with Gasteiger partial charge in [0.15, 0.2) is 0 Å². The maximum atomic E-state index is 11.6. The molecule has 1 N–H and O–H groups in total. The van der Waals surface area contributed by atoms with Crippen LogP contribution in [0.3, 0.4) is 0 Å². The standard InChI is InChI=1S/C17H31NO3/c1-4-5-6-7-8-11-18-15(13-17(18)20)9-10-16(19)12-14(2)21-3/h9-10,14-16,19H,4-8,11-13H2,1-3H3/b10-9+. The van der Waals surface area contributed by atoms with E-state index in [1.165, 1.54) is 25.7 Å². The van der Waals surface area contributed by atoms with Crippen LogP contribution in [0.15, 0.2) is 12.2 Å². The van der Waals surface area contributed by atoms with Gasteiger partial charge in [0.25, 0.3) is 0 Å². The molecule has 4 heteroatoms. The van der Waals surface area contributed by atoms with Crippen molar-refractivity contribution in [3.63, 3.8) is 0 Å². The van der Waals surface area contributed by atoms with Crippen LogP contribution in [-0.2, 0) is 9.53 Å². The predicted octanol–water partition coefficient (Wildman–Crippen LogP) is 2.90. The van der Waals surface area contributed by atoms with E-state index in [1.807, 2.05) is 17.9 Å². The molecule has 3 unspecified atom stereocenters. The Hall–Kier alpha value is -0.870. The molecule has 1 amide bonds. The summed E-state index contributed by atoms with van der Waals surface area (Å²) in [5.41, 5.74) is 0. The van der Waals surface area contributed by atoms with Crippen molar-refractivity contribution in [2.24, 2.45) is 0 Å². The highest BCUT2D eigenvalue weighted by atomic mass is 16.5. The van der Waals surface area contributed by atoms with Gasteiger partial charge in [-0.2, -0.15) is 0 Å². The highest BCUT2D eigenvalue weighted by Gasteiger charge is 2.33. The summed E-state index contributed by atoms with van der Waals surface area (Å²) in [5, 5.41) is 9.87. The van der Waals surface area contributed by atoms with Crippen LogP contribution in [0.5, 0.6) is 0 Å². The van der Waals surface area contributed by atoms with Gasteiger partial charge in [0, 0.05) is 20.1 Å². The zero-order chi connectivity index (χ0) is 15.7. The molecule has 0 aromatic heterocycles. The average Bonchev–Trinajstić information content (AvgIpc) is 2.46. The molecule has 3 atom stereocenters. The second-order valence-corrected chi connectivity index (χ2v) is 6.01. The first kappa shape index (κ1) is 18.2. The molecule has 1 rings (SSSR count). The number of hydrogen-bond donors (Lipinski definition) is 1. The fraction of sp³-hybridized carbons (Fsp3) is 0.824. The number of aliphatic hydroxyl groups excluding tert-OH is 1. The van der Waals surface area contributed by atoms with Crippen LogP contribution < -0.4 is 0 Å². The number of aliphatic hydroxyl groups is 1. The second kappa shape index (κ2) is 9.96. The van der Waals surface area contributed by atoms with Crippen molar-refractivity contribution in [3.8, 4) is 0 Å². The summed E-state index contributed by atoms with van der Waals surface area (Å²) in [6.45, 7) is 4.99. The maximum Gasteiger partial charge on any atom is 0.225 e. The molecule has 0 radical (unpaired) electrons. The minimum absolute atomic E-state index is 0.0438. The van der Waals surface area contributed by atoms with E-state index in [9.17, 15) is 9.90 Å². The first-order chi connectivity index (χ1) is 10.1. The van der Waals surface area contributed by atoms with Gasteiger partial charge >= 0.3 is 0 Å². The molecule has 0 aromatic rings. The first-order valence-corrected chi connectivity index (χ1v) is 8.27. The van der Waals surface area contributed by atoms with Crippen LogP contribution in [0.2, 0.25) is 0 Å². The predicted molar refractivity (Wildman–Crippen MR) is 85.1 cm³/mol. The van der Waals surface area contributed by atoms with Crippen LogP contribution in [0.4, 0.5) is 0 Å². The van der Waals surface area contributed by atoms with E-state index < -0.39 is 6.10 Å². The first-order valence-electron chi connectivity index (χ1n) is 8.27. The number of unbranched alkanes of at least 4 members (excludes halogenated alkanes) is 4. The fourth-order valence-electron chi connectivity index (χ4n) is 2.60. The van der Waals surface area contributed by atoms with Crippen molar-refractivity contribution in [1.82, 2.24) is 4.90 Å².